The van der Waals surface area contributed by atoms with Crippen LogP contribution >= 0.6 is 0 Å². The highest BCUT2D eigenvalue weighted by molar-refractivity contribution is 7.90. The number of hydrogen-bond donors (Lipinski definition) is 1. The Labute approximate surface area is 194 Å². The van der Waals surface area contributed by atoms with Crippen molar-refractivity contribution >= 4 is 15.9 Å². The van der Waals surface area contributed by atoms with Crippen molar-refractivity contribution in [1.29, 1.82) is 0 Å². The van der Waals surface area contributed by atoms with Crippen LogP contribution in [0.2, 0.25) is 0 Å². The van der Waals surface area contributed by atoms with Gasteiger partial charge >= 0.3 is 0 Å². The fourth-order valence-corrected chi connectivity index (χ4v) is 5.16. The van der Waals surface area contributed by atoms with Crippen LogP contribution in [0.3, 0.4) is 0 Å². The minimum absolute atomic E-state index is 0.0325. The van der Waals surface area contributed by atoms with Crippen molar-refractivity contribution in [3.05, 3.63) is 59.5 Å². The molecule has 0 saturated carbocycles. The van der Waals surface area contributed by atoms with Gasteiger partial charge in [-0.25, -0.2) is 18.1 Å². The van der Waals surface area contributed by atoms with Crippen molar-refractivity contribution in [3.8, 4) is 17.0 Å². The Balaban J connectivity index is 1.91. The largest absolute Gasteiger partial charge is 0.475 e. The van der Waals surface area contributed by atoms with Crippen LogP contribution in [0.25, 0.3) is 11.1 Å². The predicted octanol–water partition coefficient (Wildman–Crippen LogP) is 3.55. The predicted molar refractivity (Wildman–Crippen MR) is 125 cm³/mol. The third-order valence-electron chi connectivity index (χ3n) is 5.80. The zero-order valence-corrected chi connectivity index (χ0v) is 20.2. The molecule has 33 heavy (non-hydrogen) atoms. The molecule has 0 saturated heterocycles. The van der Waals surface area contributed by atoms with Gasteiger partial charge in [-0.15, -0.1) is 0 Å². The maximum absolute atomic E-state index is 13.1. The van der Waals surface area contributed by atoms with Gasteiger partial charge in [0.05, 0.1) is 17.7 Å². The molecule has 8 nitrogen and oxygen atoms in total. The van der Waals surface area contributed by atoms with Crippen molar-refractivity contribution in [2.24, 2.45) is 0 Å². The maximum atomic E-state index is 13.1. The van der Waals surface area contributed by atoms with Gasteiger partial charge in [0.15, 0.2) is 0 Å². The number of amides is 1. The number of nitrogens with one attached hydrogen (secondary N) is 1. The van der Waals surface area contributed by atoms with E-state index in [4.69, 9.17) is 4.74 Å². The molecule has 1 aliphatic rings. The Morgan fingerprint density at radius 3 is 2.70 bits per heavy atom. The van der Waals surface area contributed by atoms with E-state index in [-0.39, 0.29) is 23.8 Å². The third-order valence-corrected chi connectivity index (χ3v) is 7.28. The van der Waals surface area contributed by atoms with Gasteiger partial charge in [0, 0.05) is 18.5 Å². The van der Waals surface area contributed by atoms with Crippen LogP contribution in [0.5, 0.6) is 5.88 Å². The lowest BCUT2D eigenvalue weighted by atomic mass is 9.88. The van der Waals surface area contributed by atoms with Crippen molar-refractivity contribution in [2.45, 2.75) is 57.4 Å². The summed E-state index contributed by atoms with van der Waals surface area (Å²) < 4.78 is 35.9. The molecule has 3 aromatic rings. The second-order valence-corrected chi connectivity index (χ2v) is 10.9. The fourth-order valence-electron chi connectivity index (χ4n) is 4.01. The smallest absolute Gasteiger partial charge is 0.267 e. The average molecular weight is 469 g/mol. The highest BCUT2D eigenvalue weighted by Crippen LogP contribution is 2.32. The third kappa shape index (κ3) is 4.50. The normalized spacial score (nSPS) is 17.3. The van der Waals surface area contributed by atoms with Crippen LogP contribution in [0.15, 0.2) is 47.6 Å². The Morgan fingerprint density at radius 2 is 1.97 bits per heavy atom. The Kier molecular flexibility index (Phi) is 5.78. The molecule has 0 atom stereocenters. The zero-order chi connectivity index (χ0) is 24.0. The number of aromatic nitrogens is 3. The number of sulfonamides is 1. The standard InChI is InChI=1S/C24H28N4O4S/c1-15(2)18-7-6-8-19-17-9-10-25-23(11-17)32-14-24(4,5)28-13-21(16(3)26-28)33(30,31)27-22(29)12-20(18)19/h6-11,13,15H,12,14H2,1-5H3,(H,27,29). The van der Waals surface area contributed by atoms with Crippen LogP contribution in [0.4, 0.5) is 0 Å². The molecule has 1 amide bonds. The van der Waals surface area contributed by atoms with Gasteiger partial charge in [0.25, 0.3) is 10.0 Å². The van der Waals surface area contributed by atoms with E-state index in [9.17, 15) is 13.2 Å². The molecule has 0 spiro atoms. The van der Waals surface area contributed by atoms with E-state index in [0.717, 1.165) is 22.3 Å². The number of benzene rings is 1. The maximum Gasteiger partial charge on any atom is 0.267 e. The molecule has 0 aliphatic carbocycles. The number of rotatable bonds is 1. The minimum atomic E-state index is -4.10. The first-order valence-corrected chi connectivity index (χ1v) is 12.3. The van der Waals surface area contributed by atoms with Crippen molar-refractivity contribution in [3.63, 3.8) is 0 Å². The summed E-state index contributed by atoms with van der Waals surface area (Å²) >= 11 is 0. The van der Waals surface area contributed by atoms with Crippen LogP contribution in [-0.2, 0) is 26.8 Å². The second-order valence-electron chi connectivity index (χ2n) is 9.24. The van der Waals surface area contributed by atoms with Crippen molar-refractivity contribution < 1.29 is 17.9 Å². The molecule has 4 rings (SSSR count). The summed E-state index contributed by atoms with van der Waals surface area (Å²) in [6.45, 7) is 9.69. The molecule has 2 aromatic heterocycles. The number of carbonyl (C=O) groups is 1. The molecule has 1 aromatic carbocycles. The van der Waals surface area contributed by atoms with Gasteiger partial charge in [0.2, 0.25) is 11.8 Å². The van der Waals surface area contributed by atoms with E-state index in [2.05, 4.69) is 14.8 Å². The summed E-state index contributed by atoms with van der Waals surface area (Å²) in [6, 6.07) is 9.54. The molecular weight excluding hydrogens is 440 g/mol. The van der Waals surface area contributed by atoms with Gasteiger partial charge in [-0.3, -0.25) is 9.48 Å². The van der Waals surface area contributed by atoms with Crippen LogP contribution in [-0.4, -0.2) is 35.7 Å². The Bertz CT molecular complexity index is 1330. The molecular formula is C24H28N4O4S. The number of ether oxygens (including phenoxy) is 1. The summed E-state index contributed by atoms with van der Waals surface area (Å²) in [4.78, 5) is 17.3. The molecule has 4 bridgehead atoms. The number of fused-ring (bicyclic) bond motifs is 6. The lowest BCUT2D eigenvalue weighted by Crippen LogP contribution is -2.34. The summed E-state index contributed by atoms with van der Waals surface area (Å²) in [5, 5.41) is 4.38. The first-order chi connectivity index (χ1) is 15.5. The second kappa shape index (κ2) is 8.30. The first-order valence-electron chi connectivity index (χ1n) is 10.8. The lowest BCUT2D eigenvalue weighted by molar-refractivity contribution is -0.118. The first kappa shape index (κ1) is 23.0. The van der Waals surface area contributed by atoms with E-state index >= 15 is 0 Å². The van der Waals surface area contributed by atoms with E-state index in [1.165, 1.54) is 6.20 Å². The van der Waals surface area contributed by atoms with Crippen LogP contribution < -0.4 is 9.46 Å². The average Bonchev–Trinajstić information content (AvgIpc) is 3.15. The lowest BCUT2D eigenvalue weighted by Gasteiger charge is -2.25. The molecule has 0 unspecified atom stereocenters. The molecule has 3 heterocycles. The number of pyridine rings is 1. The van der Waals surface area contributed by atoms with Gasteiger partial charge < -0.3 is 4.74 Å². The van der Waals surface area contributed by atoms with E-state index < -0.39 is 21.5 Å². The van der Waals surface area contributed by atoms with Crippen molar-refractivity contribution in [1.82, 2.24) is 19.5 Å². The number of aryl methyl sites for hydroxylation is 1. The SMILES string of the molecule is Cc1nn2cc1S(=O)(=O)NC(=O)Cc1c(cccc1C(C)C)-c1ccnc(c1)OCC2(C)C. The van der Waals surface area contributed by atoms with Gasteiger partial charge in [-0.1, -0.05) is 32.0 Å². The summed E-state index contributed by atoms with van der Waals surface area (Å²) in [5.74, 6) is -0.0149. The van der Waals surface area contributed by atoms with E-state index in [1.807, 2.05) is 58.0 Å². The molecule has 0 radical (unpaired) electrons. The summed E-state index contributed by atoms with van der Waals surface area (Å²) in [5.41, 5.74) is 3.09. The molecule has 0 fully saturated rings. The number of nitrogens with zero attached hydrogens (tertiary/aromatic N) is 3. The van der Waals surface area contributed by atoms with Crippen LogP contribution in [0.1, 0.15) is 50.4 Å². The van der Waals surface area contributed by atoms with Crippen molar-refractivity contribution in [2.75, 3.05) is 6.61 Å². The number of carbonyl (C=O) groups excluding carboxylic acids is 1. The quantitative estimate of drug-likeness (QED) is 0.586. The van der Waals surface area contributed by atoms with Gasteiger partial charge in [-0.2, -0.15) is 5.10 Å². The van der Waals surface area contributed by atoms with E-state index in [1.54, 1.807) is 17.8 Å². The molecule has 9 heteroatoms. The fraction of sp³-hybridized carbons (Fsp3) is 0.375. The molecule has 174 valence electrons. The molecule has 1 N–H and O–H groups in total. The highest BCUT2D eigenvalue weighted by atomic mass is 32.2. The Morgan fingerprint density at radius 1 is 1.21 bits per heavy atom. The monoisotopic (exact) mass is 468 g/mol. The zero-order valence-electron chi connectivity index (χ0n) is 19.4. The summed E-state index contributed by atoms with van der Waals surface area (Å²) in [7, 11) is -4.10. The van der Waals surface area contributed by atoms with Gasteiger partial charge in [-0.05, 0) is 55.0 Å². The minimum Gasteiger partial charge on any atom is -0.475 e. The van der Waals surface area contributed by atoms with Gasteiger partial charge in [0.1, 0.15) is 11.5 Å². The molecule has 1 aliphatic heterocycles. The Hall–Kier alpha value is -3.20. The van der Waals surface area contributed by atoms with Crippen LogP contribution in [0, 0.1) is 6.92 Å². The highest BCUT2D eigenvalue weighted by Gasteiger charge is 2.30. The topological polar surface area (TPSA) is 103 Å². The van der Waals surface area contributed by atoms with E-state index in [0.29, 0.717) is 11.6 Å². The number of hydrogen-bond acceptors (Lipinski definition) is 6. The summed E-state index contributed by atoms with van der Waals surface area (Å²) in [6.07, 6.45) is 3.02.